The largest absolute Gasteiger partial charge is 0.390 e. The lowest BCUT2D eigenvalue weighted by Crippen LogP contribution is -2.42. The lowest BCUT2D eigenvalue weighted by Gasteiger charge is -2.26. The lowest BCUT2D eigenvalue weighted by molar-refractivity contribution is -0.139. The Balaban J connectivity index is 2.24. The normalized spacial score (nSPS) is 29.4. The first-order chi connectivity index (χ1) is 6.81. The van der Waals surface area contributed by atoms with Crippen LogP contribution in [0.25, 0.3) is 0 Å². The fourth-order valence-corrected chi connectivity index (χ4v) is 1.79. The summed E-state index contributed by atoms with van der Waals surface area (Å²) in [6.07, 6.45) is -2.97. The third-order valence-corrected chi connectivity index (χ3v) is 2.66. The topological polar surface area (TPSA) is 21.3 Å². The molecule has 0 aromatic heterocycles. The standard InChI is InChI=1S/C10H18F3NO/c1-8(6-10(11,12)13)14-7-9(2)4-3-5-15-9/h8,14H,3-7H2,1-2H3. The first-order valence-electron chi connectivity index (χ1n) is 5.25. The first-order valence-corrected chi connectivity index (χ1v) is 5.25. The van der Waals surface area contributed by atoms with Gasteiger partial charge in [-0.05, 0) is 26.7 Å². The fraction of sp³-hybridized carbons (Fsp3) is 1.00. The van der Waals surface area contributed by atoms with E-state index in [-0.39, 0.29) is 5.60 Å². The van der Waals surface area contributed by atoms with Gasteiger partial charge in [-0.1, -0.05) is 0 Å². The van der Waals surface area contributed by atoms with Crippen molar-refractivity contribution < 1.29 is 17.9 Å². The molecular weight excluding hydrogens is 207 g/mol. The van der Waals surface area contributed by atoms with Gasteiger partial charge in [-0.15, -0.1) is 0 Å². The number of ether oxygens (including phenoxy) is 1. The second-order valence-corrected chi connectivity index (χ2v) is 4.50. The van der Waals surface area contributed by atoms with Crippen molar-refractivity contribution >= 4 is 0 Å². The Kier molecular flexibility index (Phi) is 4.00. The van der Waals surface area contributed by atoms with E-state index >= 15 is 0 Å². The van der Waals surface area contributed by atoms with Gasteiger partial charge in [0.15, 0.2) is 0 Å². The van der Waals surface area contributed by atoms with Crippen LogP contribution in [0.1, 0.15) is 33.1 Å². The van der Waals surface area contributed by atoms with Crippen molar-refractivity contribution in [2.75, 3.05) is 13.2 Å². The minimum absolute atomic E-state index is 0.278. The number of nitrogens with one attached hydrogen (secondary N) is 1. The Morgan fingerprint density at radius 3 is 2.60 bits per heavy atom. The lowest BCUT2D eigenvalue weighted by atomic mass is 10.0. The van der Waals surface area contributed by atoms with Gasteiger partial charge in [-0.3, -0.25) is 0 Å². The molecule has 0 aromatic carbocycles. The molecule has 1 N–H and O–H groups in total. The molecule has 1 aliphatic rings. The Bertz CT molecular complexity index is 199. The van der Waals surface area contributed by atoms with E-state index in [4.69, 9.17) is 4.74 Å². The van der Waals surface area contributed by atoms with Gasteiger partial charge >= 0.3 is 6.18 Å². The zero-order valence-corrected chi connectivity index (χ0v) is 9.16. The van der Waals surface area contributed by atoms with E-state index in [0.717, 1.165) is 12.8 Å². The Morgan fingerprint density at radius 2 is 2.13 bits per heavy atom. The quantitative estimate of drug-likeness (QED) is 0.793. The molecule has 0 aliphatic carbocycles. The van der Waals surface area contributed by atoms with Crippen LogP contribution in [0.5, 0.6) is 0 Å². The molecule has 1 fully saturated rings. The Labute approximate surface area is 88.2 Å². The Hall–Kier alpha value is -0.290. The predicted octanol–water partition coefficient (Wildman–Crippen LogP) is 2.49. The average Bonchev–Trinajstić information content (AvgIpc) is 2.47. The molecule has 0 radical (unpaired) electrons. The maximum Gasteiger partial charge on any atom is 0.390 e. The molecule has 2 nitrogen and oxygen atoms in total. The third kappa shape index (κ3) is 4.84. The van der Waals surface area contributed by atoms with Crippen molar-refractivity contribution in [2.45, 2.75) is 50.9 Å². The predicted molar refractivity (Wildman–Crippen MR) is 51.7 cm³/mol. The van der Waals surface area contributed by atoms with Gasteiger partial charge in [0.25, 0.3) is 0 Å². The minimum Gasteiger partial charge on any atom is -0.374 e. The molecular formula is C10H18F3NO. The number of alkyl halides is 3. The number of hydrogen-bond acceptors (Lipinski definition) is 2. The van der Waals surface area contributed by atoms with Gasteiger partial charge in [-0.25, -0.2) is 0 Å². The zero-order chi connectivity index (χ0) is 11.5. The third-order valence-electron chi connectivity index (χ3n) is 2.66. The van der Waals surface area contributed by atoms with E-state index in [0.29, 0.717) is 13.2 Å². The van der Waals surface area contributed by atoms with Crippen LogP contribution >= 0.6 is 0 Å². The molecule has 1 heterocycles. The summed E-state index contributed by atoms with van der Waals surface area (Å²) >= 11 is 0. The summed E-state index contributed by atoms with van der Waals surface area (Å²) in [6, 6.07) is -0.550. The monoisotopic (exact) mass is 225 g/mol. The van der Waals surface area contributed by atoms with Crippen LogP contribution in [0.4, 0.5) is 13.2 Å². The van der Waals surface area contributed by atoms with E-state index in [1.54, 1.807) is 6.92 Å². The number of halogens is 3. The van der Waals surface area contributed by atoms with Crippen LogP contribution in [-0.4, -0.2) is 31.0 Å². The molecule has 2 unspecified atom stereocenters. The summed E-state index contributed by atoms with van der Waals surface area (Å²) in [5.41, 5.74) is -0.278. The highest BCUT2D eigenvalue weighted by Crippen LogP contribution is 2.25. The molecule has 5 heteroatoms. The average molecular weight is 225 g/mol. The summed E-state index contributed by atoms with van der Waals surface area (Å²) < 4.78 is 41.6. The van der Waals surface area contributed by atoms with Crippen LogP contribution in [0.15, 0.2) is 0 Å². The van der Waals surface area contributed by atoms with Gasteiger partial charge in [-0.2, -0.15) is 13.2 Å². The minimum atomic E-state index is -4.09. The van der Waals surface area contributed by atoms with E-state index in [9.17, 15) is 13.2 Å². The molecule has 90 valence electrons. The SMILES string of the molecule is CC(CC(F)(F)F)NCC1(C)CCCO1. The van der Waals surface area contributed by atoms with Crippen molar-refractivity contribution in [3.05, 3.63) is 0 Å². The molecule has 15 heavy (non-hydrogen) atoms. The number of hydrogen-bond donors (Lipinski definition) is 1. The second-order valence-electron chi connectivity index (χ2n) is 4.50. The van der Waals surface area contributed by atoms with Crippen molar-refractivity contribution in [1.82, 2.24) is 5.32 Å². The van der Waals surface area contributed by atoms with Gasteiger partial charge in [0, 0.05) is 19.2 Å². The van der Waals surface area contributed by atoms with Gasteiger partial charge in [0.05, 0.1) is 12.0 Å². The number of rotatable bonds is 4. The smallest absolute Gasteiger partial charge is 0.374 e. The van der Waals surface area contributed by atoms with E-state index in [2.05, 4.69) is 5.32 Å². The van der Waals surface area contributed by atoms with Gasteiger partial charge in [0.1, 0.15) is 0 Å². The fourth-order valence-electron chi connectivity index (χ4n) is 1.79. The molecule has 0 aromatic rings. The van der Waals surface area contributed by atoms with E-state index in [1.807, 2.05) is 6.92 Å². The van der Waals surface area contributed by atoms with Crippen molar-refractivity contribution in [2.24, 2.45) is 0 Å². The highest BCUT2D eigenvalue weighted by Gasteiger charge is 2.33. The Morgan fingerprint density at radius 1 is 1.47 bits per heavy atom. The second kappa shape index (κ2) is 4.70. The molecule has 0 spiro atoms. The van der Waals surface area contributed by atoms with Crippen LogP contribution in [-0.2, 0) is 4.74 Å². The maximum atomic E-state index is 12.0. The zero-order valence-electron chi connectivity index (χ0n) is 9.16. The van der Waals surface area contributed by atoms with E-state index in [1.165, 1.54) is 0 Å². The molecule has 0 amide bonds. The first kappa shape index (κ1) is 12.8. The summed E-state index contributed by atoms with van der Waals surface area (Å²) in [6.45, 7) is 4.69. The van der Waals surface area contributed by atoms with Crippen molar-refractivity contribution in [3.8, 4) is 0 Å². The van der Waals surface area contributed by atoms with Gasteiger partial charge < -0.3 is 10.1 Å². The summed E-state index contributed by atoms with van der Waals surface area (Å²) in [5, 5.41) is 2.88. The highest BCUT2D eigenvalue weighted by molar-refractivity contribution is 4.83. The molecule has 2 atom stereocenters. The van der Waals surface area contributed by atoms with Crippen LogP contribution in [0, 0.1) is 0 Å². The van der Waals surface area contributed by atoms with Crippen LogP contribution in [0.3, 0.4) is 0 Å². The molecule has 0 bridgehead atoms. The highest BCUT2D eigenvalue weighted by atomic mass is 19.4. The van der Waals surface area contributed by atoms with Crippen LogP contribution in [0.2, 0.25) is 0 Å². The molecule has 1 saturated heterocycles. The summed E-state index contributed by atoms with van der Waals surface area (Å²) in [5.74, 6) is 0. The molecule has 1 rings (SSSR count). The maximum absolute atomic E-state index is 12.0. The molecule has 0 saturated carbocycles. The van der Waals surface area contributed by atoms with Crippen LogP contribution < -0.4 is 5.32 Å². The van der Waals surface area contributed by atoms with Crippen molar-refractivity contribution in [3.63, 3.8) is 0 Å². The van der Waals surface area contributed by atoms with E-state index < -0.39 is 18.6 Å². The van der Waals surface area contributed by atoms with Crippen molar-refractivity contribution in [1.29, 1.82) is 0 Å². The van der Waals surface area contributed by atoms with Gasteiger partial charge in [0.2, 0.25) is 0 Å². The summed E-state index contributed by atoms with van der Waals surface area (Å²) in [4.78, 5) is 0. The molecule has 1 aliphatic heterocycles. The summed E-state index contributed by atoms with van der Waals surface area (Å²) in [7, 11) is 0.